The van der Waals surface area contributed by atoms with Crippen molar-refractivity contribution in [2.45, 2.75) is 45.6 Å². The average molecular weight is 404 g/mol. The molecule has 1 aliphatic rings. The average Bonchev–Trinajstić information content (AvgIpc) is 2.69. The van der Waals surface area contributed by atoms with Gasteiger partial charge in [-0.2, -0.15) is 0 Å². The fourth-order valence-electron chi connectivity index (χ4n) is 3.77. The molecule has 0 spiro atoms. The molecular formula is C21H26ClN3O3. The highest BCUT2D eigenvalue weighted by molar-refractivity contribution is 6.30. The summed E-state index contributed by atoms with van der Waals surface area (Å²) >= 11 is 5.99. The van der Waals surface area contributed by atoms with Gasteiger partial charge in [-0.1, -0.05) is 37.1 Å². The second kappa shape index (κ2) is 8.88. The third kappa shape index (κ3) is 4.13. The Hall–Kier alpha value is -2.18. The van der Waals surface area contributed by atoms with E-state index in [0.717, 1.165) is 30.5 Å². The van der Waals surface area contributed by atoms with Crippen molar-refractivity contribution < 1.29 is 5.11 Å². The molecule has 0 fully saturated rings. The second-order valence-corrected chi connectivity index (χ2v) is 7.70. The van der Waals surface area contributed by atoms with E-state index in [0.29, 0.717) is 29.2 Å². The first-order valence-electron chi connectivity index (χ1n) is 9.71. The van der Waals surface area contributed by atoms with E-state index in [-0.39, 0.29) is 30.3 Å². The topological polar surface area (TPSA) is 76.6 Å². The Bertz CT molecular complexity index is 990. The normalized spacial score (nSPS) is 16.0. The smallest absolute Gasteiger partial charge is 0.332 e. The molecular weight excluding hydrogens is 378 g/mol. The van der Waals surface area contributed by atoms with Crippen molar-refractivity contribution in [3.05, 3.63) is 61.3 Å². The summed E-state index contributed by atoms with van der Waals surface area (Å²) in [5, 5.41) is 9.78. The van der Waals surface area contributed by atoms with Crippen molar-refractivity contribution in [1.29, 1.82) is 0 Å². The highest BCUT2D eigenvalue weighted by Gasteiger charge is 2.28. The molecule has 1 unspecified atom stereocenters. The molecule has 3 rings (SSSR count). The molecule has 1 atom stereocenters. The van der Waals surface area contributed by atoms with Crippen LogP contribution in [0, 0.1) is 5.92 Å². The fraction of sp³-hybridized carbons (Fsp3) is 0.476. The molecule has 1 aromatic carbocycles. The summed E-state index contributed by atoms with van der Waals surface area (Å²) in [6.07, 6.45) is 3.48. The number of aliphatic hydroxyl groups excluding tert-OH is 1. The summed E-state index contributed by atoms with van der Waals surface area (Å²) in [5.41, 5.74) is 2.10. The van der Waals surface area contributed by atoms with Crippen molar-refractivity contribution in [3.8, 4) is 0 Å². The number of benzene rings is 1. The molecule has 0 amide bonds. The number of halogens is 1. The first-order valence-corrected chi connectivity index (χ1v) is 10.1. The van der Waals surface area contributed by atoms with Crippen LogP contribution in [0.4, 0.5) is 5.82 Å². The van der Waals surface area contributed by atoms with E-state index < -0.39 is 0 Å². The van der Waals surface area contributed by atoms with Gasteiger partial charge in [0, 0.05) is 36.9 Å². The molecule has 0 saturated carbocycles. The number of rotatable bonds is 7. The van der Waals surface area contributed by atoms with Gasteiger partial charge in [0.1, 0.15) is 5.82 Å². The fourth-order valence-corrected chi connectivity index (χ4v) is 3.90. The first-order chi connectivity index (χ1) is 13.5. The quantitative estimate of drug-likeness (QED) is 0.772. The first kappa shape index (κ1) is 20.6. The lowest BCUT2D eigenvalue weighted by Crippen LogP contribution is -2.43. The molecule has 150 valence electrons. The van der Waals surface area contributed by atoms with Crippen molar-refractivity contribution in [1.82, 2.24) is 9.13 Å². The molecule has 1 aromatic heterocycles. The molecule has 2 aromatic rings. The van der Waals surface area contributed by atoms with E-state index >= 15 is 0 Å². The molecule has 7 heteroatoms. The number of aliphatic hydroxyl groups is 1. The monoisotopic (exact) mass is 403 g/mol. The Labute approximate surface area is 169 Å². The Morgan fingerprint density at radius 3 is 2.61 bits per heavy atom. The predicted octanol–water partition coefficient (Wildman–Crippen LogP) is 2.87. The van der Waals surface area contributed by atoms with E-state index in [1.54, 1.807) is 7.05 Å². The summed E-state index contributed by atoms with van der Waals surface area (Å²) in [6, 6.07) is 7.75. The maximum atomic E-state index is 13.0. The molecule has 1 aliphatic heterocycles. The van der Waals surface area contributed by atoms with Crippen LogP contribution in [-0.4, -0.2) is 26.6 Å². The number of hydrogen-bond acceptors (Lipinski definition) is 4. The number of fused-ring (bicyclic) bond motifs is 1. The lowest BCUT2D eigenvalue weighted by atomic mass is 9.85. The maximum Gasteiger partial charge on any atom is 0.332 e. The minimum absolute atomic E-state index is 0.0648. The third-order valence-electron chi connectivity index (χ3n) is 5.22. The largest absolute Gasteiger partial charge is 0.396 e. The van der Waals surface area contributed by atoms with Crippen LogP contribution >= 0.6 is 11.6 Å². The lowest BCUT2D eigenvalue weighted by molar-refractivity contribution is 0.277. The van der Waals surface area contributed by atoms with E-state index in [9.17, 15) is 9.59 Å². The van der Waals surface area contributed by atoms with Crippen LogP contribution in [0.2, 0.25) is 5.02 Å². The Kier molecular flexibility index (Phi) is 6.52. The Morgan fingerprint density at radius 1 is 1.25 bits per heavy atom. The number of aliphatic imine (C=N–C) groups is 1. The SMILES string of the molecule is CCCC1=Nc2c(c(=O)n(CCCO)c(=O)n2C)CC1Cc1ccc(Cl)cc1. The van der Waals surface area contributed by atoms with Crippen LogP contribution in [0.5, 0.6) is 0 Å². The van der Waals surface area contributed by atoms with Crippen LogP contribution in [0.1, 0.15) is 37.3 Å². The number of aromatic nitrogens is 2. The van der Waals surface area contributed by atoms with Gasteiger partial charge in [0.2, 0.25) is 0 Å². The minimum Gasteiger partial charge on any atom is -0.396 e. The highest BCUT2D eigenvalue weighted by Crippen LogP contribution is 2.29. The third-order valence-corrected chi connectivity index (χ3v) is 5.47. The highest BCUT2D eigenvalue weighted by atomic mass is 35.5. The summed E-state index contributed by atoms with van der Waals surface area (Å²) in [7, 11) is 1.66. The van der Waals surface area contributed by atoms with Crippen molar-refractivity contribution in [3.63, 3.8) is 0 Å². The standard InChI is InChI=1S/C21H26ClN3O3/c1-3-5-18-15(12-14-6-8-16(22)9-7-14)13-17-19(23-18)24(2)21(28)25(20(17)27)10-4-11-26/h6-9,15,26H,3-5,10-13H2,1-2H3. The van der Waals surface area contributed by atoms with Gasteiger partial charge in [-0.15, -0.1) is 0 Å². The summed E-state index contributed by atoms with van der Waals surface area (Å²) < 4.78 is 2.68. The minimum atomic E-state index is -0.382. The van der Waals surface area contributed by atoms with Crippen molar-refractivity contribution >= 4 is 23.1 Å². The van der Waals surface area contributed by atoms with E-state index in [1.165, 1.54) is 9.13 Å². The Balaban J connectivity index is 2.04. The zero-order valence-electron chi connectivity index (χ0n) is 16.3. The van der Waals surface area contributed by atoms with Gasteiger partial charge < -0.3 is 5.11 Å². The molecule has 0 saturated heterocycles. The van der Waals surface area contributed by atoms with E-state index in [1.807, 2.05) is 24.3 Å². The molecule has 6 nitrogen and oxygen atoms in total. The van der Waals surface area contributed by atoms with Crippen molar-refractivity contribution in [2.75, 3.05) is 6.61 Å². The molecule has 28 heavy (non-hydrogen) atoms. The zero-order valence-corrected chi connectivity index (χ0v) is 17.1. The van der Waals surface area contributed by atoms with Gasteiger partial charge in [-0.3, -0.25) is 13.9 Å². The van der Waals surface area contributed by atoms with Crippen LogP contribution in [-0.2, 0) is 26.4 Å². The van der Waals surface area contributed by atoms with E-state index in [4.69, 9.17) is 21.7 Å². The van der Waals surface area contributed by atoms with Gasteiger partial charge in [-0.05, 0) is 43.4 Å². The van der Waals surface area contributed by atoms with E-state index in [2.05, 4.69) is 6.92 Å². The lowest BCUT2D eigenvalue weighted by Gasteiger charge is -2.26. The van der Waals surface area contributed by atoms with Crippen LogP contribution in [0.3, 0.4) is 0 Å². The summed E-state index contributed by atoms with van der Waals surface area (Å²) in [4.78, 5) is 30.3. The molecule has 0 aliphatic carbocycles. The number of hydrogen-bond donors (Lipinski definition) is 1. The zero-order chi connectivity index (χ0) is 20.3. The van der Waals surface area contributed by atoms with Crippen molar-refractivity contribution in [2.24, 2.45) is 18.0 Å². The molecule has 1 N–H and O–H groups in total. The van der Waals surface area contributed by atoms with Crippen LogP contribution in [0.15, 0.2) is 38.8 Å². The molecule has 2 heterocycles. The van der Waals surface area contributed by atoms with Gasteiger partial charge in [0.15, 0.2) is 0 Å². The van der Waals surface area contributed by atoms with Crippen LogP contribution < -0.4 is 11.2 Å². The van der Waals surface area contributed by atoms with Gasteiger partial charge in [0.05, 0.1) is 5.56 Å². The predicted molar refractivity (Wildman–Crippen MR) is 112 cm³/mol. The Morgan fingerprint density at radius 2 is 1.96 bits per heavy atom. The summed E-state index contributed by atoms with van der Waals surface area (Å²) in [5.74, 6) is 0.594. The van der Waals surface area contributed by atoms with Gasteiger partial charge in [0.25, 0.3) is 5.56 Å². The summed E-state index contributed by atoms with van der Waals surface area (Å²) in [6.45, 7) is 2.25. The maximum absolute atomic E-state index is 13.0. The number of nitrogens with zero attached hydrogens (tertiary/aromatic N) is 3. The second-order valence-electron chi connectivity index (χ2n) is 7.26. The van der Waals surface area contributed by atoms with Gasteiger partial charge >= 0.3 is 5.69 Å². The van der Waals surface area contributed by atoms with Crippen LogP contribution in [0.25, 0.3) is 0 Å². The molecule has 0 radical (unpaired) electrons. The van der Waals surface area contributed by atoms with Gasteiger partial charge in [-0.25, -0.2) is 9.79 Å². The molecule has 0 bridgehead atoms.